The zero-order valence-corrected chi connectivity index (χ0v) is 14.0. The van der Waals surface area contributed by atoms with Gasteiger partial charge >= 0.3 is 6.18 Å². The quantitative estimate of drug-likeness (QED) is 0.787. The standard InChI is InChI=1S/C19H21F3N2O/c1-2-3-10-17(15-8-6-11-23-13-15)24-18(25)12-14-7-4-5-9-16(14)19(20,21)22/h4-9,11,13,17H,2-3,10,12H2,1H3,(H,24,25). The molecule has 0 aliphatic heterocycles. The lowest BCUT2D eigenvalue weighted by molar-refractivity contribution is -0.138. The van der Waals surface area contributed by atoms with Crippen LogP contribution in [0.1, 0.15) is 48.9 Å². The molecule has 0 radical (unpaired) electrons. The molecule has 1 N–H and O–H groups in total. The Bertz CT molecular complexity index is 687. The van der Waals surface area contributed by atoms with Gasteiger partial charge in [-0.05, 0) is 29.7 Å². The van der Waals surface area contributed by atoms with Gasteiger partial charge in [-0.25, -0.2) is 0 Å². The normalized spacial score (nSPS) is 12.6. The first-order valence-electron chi connectivity index (χ1n) is 8.26. The molecule has 1 atom stereocenters. The summed E-state index contributed by atoms with van der Waals surface area (Å²) in [5.41, 5.74) is 0.0676. The van der Waals surface area contributed by atoms with E-state index >= 15 is 0 Å². The minimum Gasteiger partial charge on any atom is -0.349 e. The smallest absolute Gasteiger partial charge is 0.349 e. The van der Waals surface area contributed by atoms with Crippen LogP contribution in [0.25, 0.3) is 0 Å². The minimum absolute atomic E-state index is 0.0204. The van der Waals surface area contributed by atoms with E-state index < -0.39 is 17.6 Å². The van der Waals surface area contributed by atoms with E-state index in [1.54, 1.807) is 18.5 Å². The summed E-state index contributed by atoms with van der Waals surface area (Å²) in [5.74, 6) is -0.429. The molecule has 2 rings (SSSR count). The average Bonchev–Trinajstić information content (AvgIpc) is 2.59. The highest BCUT2D eigenvalue weighted by molar-refractivity contribution is 5.79. The maximum atomic E-state index is 13.1. The monoisotopic (exact) mass is 350 g/mol. The molecule has 25 heavy (non-hydrogen) atoms. The fourth-order valence-corrected chi connectivity index (χ4v) is 2.68. The number of halogens is 3. The van der Waals surface area contributed by atoms with E-state index in [2.05, 4.69) is 10.3 Å². The molecule has 1 aromatic carbocycles. The van der Waals surface area contributed by atoms with Gasteiger partial charge in [0.15, 0.2) is 0 Å². The number of pyridine rings is 1. The molecular weight excluding hydrogens is 329 g/mol. The third kappa shape index (κ3) is 5.59. The van der Waals surface area contributed by atoms with Crippen LogP contribution in [0.3, 0.4) is 0 Å². The van der Waals surface area contributed by atoms with Gasteiger partial charge < -0.3 is 5.32 Å². The Hall–Kier alpha value is -2.37. The Morgan fingerprint density at radius 2 is 1.96 bits per heavy atom. The number of hydrogen-bond donors (Lipinski definition) is 1. The van der Waals surface area contributed by atoms with Gasteiger partial charge in [0.2, 0.25) is 5.91 Å². The van der Waals surface area contributed by atoms with Crippen molar-refractivity contribution in [1.29, 1.82) is 0 Å². The summed E-state index contributed by atoms with van der Waals surface area (Å²) in [7, 11) is 0. The van der Waals surface area contributed by atoms with Crippen molar-refractivity contribution in [3.63, 3.8) is 0 Å². The van der Waals surface area contributed by atoms with Crippen LogP contribution in [0.4, 0.5) is 13.2 Å². The van der Waals surface area contributed by atoms with Crippen LogP contribution < -0.4 is 5.32 Å². The first-order valence-corrected chi connectivity index (χ1v) is 8.26. The number of nitrogens with one attached hydrogen (secondary N) is 1. The molecule has 2 aromatic rings. The first-order chi connectivity index (χ1) is 11.9. The molecule has 0 aliphatic carbocycles. The van der Waals surface area contributed by atoms with Gasteiger partial charge in [0, 0.05) is 12.4 Å². The molecule has 3 nitrogen and oxygen atoms in total. The van der Waals surface area contributed by atoms with Crippen LogP contribution in [0, 0.1) is 0 Å². The highest BCUT2D eigenvalue weighted by Crippen LogP contribution is 2.32. The molecule has 0 saturated carbocycles. The molecule has 1 aromatic heterocycles. The van der Waals surface area contributed by atoms with Gasteiger partial charge in [-0.15, -0.1) is 0 Å². The molecule has 1 unspecified atom stereocenters. The number of rotatable bonds is 7. The Labute approximate surface area is 145 Å². The van der Waals surface area contributed by atoms with Crippen molar-refractivity contribution in [1.82, 2.24) is 10.3 Å². The second kappa shape index (κ2) is 8.65. The van der Waals surface area contributed by atoms with Crippen molar-refractivity contribution < 1.29 is 18.0 Å². The second-order valence-electron chi connectivity index (χ2n) is 5.88. The summed E-state index contributed by atoms with van der Waals surface area (Å²) in [6.45, 7) is 2.04. The maximum Gasteiger partial charge on any atom is 0.416 e. The molecule has 0 spiro atoms. The largest absolute Gasteiger partial charge is 0.416 e. The molecule has 0 aliphatic rings. The highest BCUT2D eigenvalue weighted by atomic mass is 19.4. The van der Waals surface area contributed by atoms with Crippen molar-refractivity contribution in [3.8, 4) is 0 Å². The van der Waals surface area contributed by atoms with E-state index in [0.717, 1.165) is 30.9 Å². The van der Waals surface area contributed by atoms with E-state index in [-0.39, 0.29) is 18.0 Å². The van der Waals surface area contributed by atoms with E-state index in [4.69, 9.17) is 0 Å². The van der Waals surface area contributed by atoms with Crippen molar-refractivity contribution in [2.75, 3.05) is 0 Å². The number of hydrogen-bond acceptors (Lipinski definition) is 2. The lowest BCUT2D eigenvalue weighted by Crippen LogP contribution is -2.30. The fourth-order valence-electron chi connectivity index (χ4n) is 2.68. The van der Waals surface area contributed by atoms with Gasteiger partial charge in [-0.3, -0.25) is 9.78 Å². The van der Waals surface area contributed by atoms with Crippen molar-refractivity contribution in [2.45, 2.75) is 44.8 Å². The summed E-state index contributed by atoms with van der Waals surface area (Å²) in [5, 5.41) is 2.85. The number of nitrogens with zero attached hydrogens (tertiary/aromatic N) is 1. The van der Waals surface area contributed by atoms with Crippen molar-refractivity contribution in [3.05, 3.63) is 65.5 Å². The molecule has 1 heterocycles. The zero-order valence-electron chi connectivity index (χ0n) is 14.0. The number of amides is 1. The molecule has 0 fully saturated rings. The SMILES string of the molecule is CCCCC(NC(=O)Cc1ccccc1C(F)(F)F)c1cccnc1. The Morgan fingerprint density at radius 1 is 1.20 bits per heavy atom. The van der Waals surface area contributed by atoms with Crippen molar-refractivity contribution in [2.24, 2.45) is 0 Å². The Morgan fingerprint density at radius 3 is 2.60 bits per heavy atom. The maximum absolute atomic E-state index is 13.1. The number of aromatic nitrogens is 1. The predicted octanol–water partition coefficient (Wildman–Crippen LogP) is 4.69. The summed E-state index contributed by atoms with van der Waals surface area (Å²) >= 11 is 0. The van der Waals surface area contributed by atoms with Crippen molar-refractivity contribution >= 4 is 5.91 Å². The first kappa shape index (κ1) is 19.0. The highest BCUT2D eigenvalue weighted by Gasteiger charge is 2.33. The minimum atomic E-state index is -4.47. The van der Waals surface area contributed by atoms with Gasteiger partial charge in [-0.2, -0.15) is 13.2 Å². The lowest BCUT2D eigenvalue weighted by Gasteiger charge is -2.19. The van der Waals surface area contributed by atoms with Gasteiger partial charge in [-0.1, -0.05) is 44.0 Å². The summed E-state index contributed by atoms with van der Waals surface area (Å²) < 4.78 is 39.2. The molecular formula is C19H21F3N2O. The zero-order chi connectivity index (χ0) is 18.3. The van der Waals surface area contributed by atoms with Crippen LogP contribution in [-0.4, -0.2) is 10.9 Å². The van der Waals surface area contributed by atoms with Gasteiger partial charge in [0.25, 0.3) is 0 Å². The molecule has 6 heteroatoms. The Balaban J connectivity index is 2.12. The van der Waals surface area contributed by atoms with Crippen LogP contribution in [0.5, 0.6) is 0 Å². The van der Waals surface area contributed by atoms with Crippen LogP contribution in [0.2, 0.25) is 0 Å². The van der Waals surface area contributed by atoms with E-state index in [1.165, 1.54) is 18.2 Å². The summed E-state index contributed by atoms with van der Waals surface area (Å²) in [4.78, 5) is 16.4. The second-order valence-corrected chi connectivity index (χ2v) is 5.88. The number of alkyl halides is 3. The van der Waals surface area contributed by atoms with Gasteiger partial charge in [0.05, 0.1) is 18.0 Å². The fraction of sp³-hybridized carbons (Fsp3) is 0.368. The van der Waals surface area contributed by atoms with Crippen LogP contribution in [-0.2, 0) is 17.4 Å². The van der Waals surface area contributed by atoms with Crippen LogP contribution in [0.15, 0.2) is 48.8 Å². The average molecular weight is 350 g/mol. The lowest BCUT2D eigenvalue weighted by atomic mass is 10.0. The van der Waals surface area contributed by atoms with Gasteiger partial charge in [0.1, 0.15) is 0 Å². The molecule has 0 bridgehead atoms. The van der Waals surface area contributed by atoms with E-state index in [0.29, 0.717) is 0 Å². The number of benzene rings is 1. The molecule has 0 saturated heterocycles. The number of carbonyl (C=O) groups is 1. The predicted molar refractivity (Wildman–Crippen MR) is 89.8 cm³/mol. The Kier molecular flexibility index (Phi) is 6.56. The third-order valence-electron chi connectivity index (χ3n) is 3.94. The van der Waals surface area contributed by atoms with Crippen LogP contribution >= 0.6 is 0 Å². The topological polar surface area (TPSA) is 42.0 Å². The third-order valence-corrected chi connectivity index (χ3v) is 3.94. The summed E-state index contributed by atoms with van der Waals surface area (Å²) in [6, 6.07) is 8.55. The van der Waals surface area contributed by atoms with E-state index in [9.17, 15) is 18.0 Å². The molecule has 134 valence electrons. The van der Waals surface area contributed by atoms with E-state index in [1.807, 2.05) is 13.0 Å². The number of unbranched alkanes of at least 4 members (excludes halogenated alkanes) is 1. The summed E-state index contributed by atoms with van der Waals surface area (Å²) in [6.07, 6.45) is 1.11. The molecule has 1 amide bonds. The number of carbonyl (C=O) groups excluding carboxylic acids is 1.